The fourth-order valence-corrected chi connectivity index (χ4v) is 2.03. The third kappa shape index (κ3) is 1.26. The van der Waals surface area contributed by atoms with Crippen LogP contribution in [0.3, 0.4) is 0 Å². The molecular formula is C10H16O2. The van der Waals surface area contributed by atoms with E-state index < -0.39 is 11.4 Å². The normalized spacial score (nSPS) is 22.7. The van der Waals surface area contributed by atoms with Crippen LogP contribution in [0, 0.1) is 5.41 Å². The summed E-state index contributed by atoms with van der Waals surface area (Å²) in [5, 5.41) is 9.12. The number of carbonyl (C=O) groups is 1. The smallest absolute Gasteiger partial charge is 0.313 e. The van der Waals surface area contributed by atoms with Crippen LogP contribution in [0.25, 0.3) is 0 Å². The molecule has 0 amide bonds. The highest BCUT2D eigenvalue weighted by atomic mass is 16.4. The molecule has 68 valence electrons. The molecule has 0 heterocycles. The summed E-state index contributed by atoms with van der Waals surface area (Å²) >= 11 is 0. The van der Waals surface area contributed by atoms with Crippen molar-refractivity contribution in [2.75, 3.05) is 0 Å². The summed E-state index contributed by atoms with van der Waals surface area (Å²) in [6.07, 6.45) is 5.67. The van der Waals surface area contributed by atoms with Gasteiger partial charge in [0.1, 0.15) is 0 Å². The summed E-state index contributed by atoms with van der Waals surface area (Å²) in [6, 6.07) is 0. The molecule has 0 unspecified atom stereocenters. The Hall–Kier alpha value is -0.790. The van der Waals surface area contributed by atoms with Crippen LogP contribution in [0.1, 0.15) is 39.5 Å². The van der Waals surface area contributed by atoms with Crippen LogP contribution in [0.2, 0.25) is 0 Å². The Morgan fingerprint density at radius 3 is 2.25 bits per heavy atom. The number of allylic oxidation sites excluding steroid dienone is 1. The van der Waals surface area contributed by atoms with Crippen molar-refractivity contribution < 1.29 is 9.90 Å². The number of carboxylic acid groups (broad SMARTS) is 1. The van der Waals surface area contributed by atoms with E-state index in [-0.39, 0.29) is 0 Å². The molecule has 1 N–H and O–H groups in total. The van der Waals surface area contributed by atoms with Gasteiger partial charge in [0.2, 0.25) is 0 Å². The molecule has 0 radical (unpaired) electrons. The van der Waals surface area contributed by atoms with Crippen LogP contribution in [0.4, 0.5) is 0 Å². The lowest BCUT2D eigenvalue weighted by atomic mass is 9.79. The SMILES string of the molecule is CC=C(C)C1(C(=O)O)CCCC1. The van der Waals surface area contributed by atoms with E-state index in [1.54, 1.807) is 0 Å². The van der Waals surface area contributed by atoms with Crippen LogP contribution in [0.5, 0.6) is 0 Å². The van der Waals surface area contributed by atoms with Gasteiger partial charge in [-0.3, -0.25) is 4.79 Å². The maximum absolute atomic E-state index is 11.1. The monoisotopic (exact) mass is 168 g/mol. The summed E-state index contributed by atoms with van der Waals surface area (Å²) in [5.74, 6) is -0.643. The summed E-state index contributed by atoms with van der Waals surface area (Å²) in [6.45, 7) is 3.85. The van der Waals surface area contributed by atoms with Gasteiger partial charge in [-0.05, 0) is 26.7 Å². The molecule has 0 aromatic heterocycles. The fourth-order valence-electron chi connectivity index (χ4n) is 2.03. The second-order valence-corrected chi connectivity index (χ2v) is 3.57. The van der Waals surface area contributed by atoms with E-state index in [4.69, 9.17) is 5.11 Å². The molecule has 0 aromatic rings. The second-order valence-electron chi connectivity index (χ2n) is 3.57. The van der Waals surface area contributed by atoms with Crippen molar-refractivity contribution in [1.29, 1.82) is 0 Å². The van der Waals surface area contributed by atoms with Crippen molar-refractivity contribution in [3.8, 4) is 0 Å². The van der Waals surface area contributed by atoms with Crippen molar-refractivity contribution in [3.63, 3.8) is 0 Å². The summed E-state index contributed by atoms with van der Waals surface area (Å²) in [5.41, 5.74) is 0.502. The summed E-state index contributed by atoms with van der Waals surface area (Å²) in [7, 11) is 0. The lowest BCUT2D eigenvalue weighted by Gasteiger charge is -2.24. The van der Waals surface area contributed by atoms with Crippen LogP contribution in [0.15, 0.2) is 11.6 Å². The fraction of sp³-hybridized carbons (Fsp3) is 0.700. The van der Waals surface area contributed by atoms with E-state index in [2.05, 4.69) is 0 Å². The van der Waals surface area contributed by atoms with Gasteiger partial charge < -0.3 is 5.11 Å². The first-order chi connectivity index (χ1) is 5.63. The Morgan fingerprint density at radius 1 is 1.42 bits per heavy atom. The number of carboxylic acids is 1. The molecule has 1 rings (SSSR count). The summed E-state index contributed by atoms with van der Waals surface area (Å²) < 4.78 is 0. The predicted octanol–water partition coefficient (Wildman–Crippen LogP) is 2.60. The Morgan fingerprint density at radius 2 is 1.92 bits per heavy atom. The lowest BCUT2D eigenvalue weighted by Crippen LogP contribution is -2.28. The largest absolute Gasteiger partial charge is 0.481 e. The van der Waals surface area contributed by atoms with Gasteiger partial charge in [0, 0.05) is 0 Å². The average molecular weight is 168 g/mol. The first-order valence-electron chi connectivity index (χ1n) is 4.50. The Labute approximate surface area is 73.3 Å². The zero-order chi connectivity index (χ0) is 9.19. The van der Waals surface area contributed by atoms with Crippen LogP contribution < -0.4 is 0 Å². The van der Waals surface area contributed by atoms with Gasteiger partial charge in [-0.1, -0.05) is 24.5 Å². The quantitative estimate of drug-likeness (QED) is 0.643. The lowest BCUT2D eigenvalue weighted by molar-refractivity contribution is -0.146. The maximum atomic E-state index is 11.1. The van der Waals surface area contributed by atoms with Gasteiger partial charge in [-0.25, -0.2) is 0 Å². The standard InChI is InChI=1S/C10H16O2/c1-3-8(2)10(9(11)12)6-4-5-7-10/h3H,4-7H2,1-2H3,(H,11,12). The molecular weight excluding hydrogens is 152 g/mol. The van der Waals surface area contributed by atoms with E-state index in [0.717, 1.165) is 31.3 Å². The van der Waals surface area contributed by atoms with E-state index >= 15 is 0 Å². The number of hydrogen-bond acceptors (Lipinski definition) is 1. The average Bonchev–Trinajstić information content (AvgIpc) is 2.52. The van der Waals surface area contributed by atoms with Gasteiger partial charge >= 0.3 is 5.97 Å². The first kappa shape index (κ1) is 9.30. The Bertz CT molecular complexity index is 210. The molecule has 1 aliphatic carbocycles. The van der Waals surface area contributed by atoms with Gasteiger partial charge in [-0.15, -0.1) is 0 Å². The maximum Gasteiger partial charge on any atom is 0.313 e. The van der Waals surface area contributed by atoms with Gasteiger partial charge in [-0.2, -0.15) is 0 Å². The highest BCUT2D eigenvalue weighted by molar-refractivity contribution is 5.78. The van der Waals surface area contributed by atoms with Crippen molar-refractivity contribution in [2.24, 2.45) is 5.41 Å². The number of aliphatic carboxylic acids is 1. The molecule has 0 aliphatic heterocycles. The van der Waals surface area contributed by atoms with Crippen molar-refractivity contribution in [3.05, 3.63) is 11.6 Å². The van der Waals surface area contributed by atoms with Gasteiger partial charge in [0.15, 0.2) is 0 Å². The molecule has 12 heavy (non-hydrogen) atoms. The molecule has 1 aliphatic rings. The molecule has 0 spiro atoms. The van der Waals surface area contributed by atoms with Crippen LogP contribution in [-0.4, -0.2) is 11.1 Å². The minimum absolute atomic E-state index is 0.519. The second kappa shape index (κ2) is 3.30. The topological polar surface area (TPSA) is 37.3 Å². The van der Waals surface area contributed by atoms with E-state index in [1.807, 2.05) is 19.9 Å². The number of hydrogen-bond donors (Lipinski definition) is 1. The highest BCUT2D eigenvalue weighted by Gasteiger charge is 2.42. The van der Waals surface area contributed by atoms with Gasteiger partial charge in [0.05, 0.1) is 5.41 Å². The zero-order valence-electron chi connectivity index (χ0n) is 7.76. The third-order valence-electron chi connectivity index (χ3n) is 3.05. The molecule has 0 aromatic carbocycles. The van der Waals surface area contributed by atoms with E-state index in [1.165, 1.54) is 0 Å². The van der Waals surface area contributed by atoms with Crippen molar-refractivity contribution >= 4 is 5.97 Å². The van der Waals surface area contributed by atoms with Crippen molar-refractivity contribution in [1.82, 2.24) is 0 Å². The highest BCUT2D eigenvalue weighted by Crippen LogP contribution is 2.44. The Kier molecular flexibility index (Phi) is 2.55. The predicted molar refractivity (Wildman–Crippen MR) is 48.0 cm³/mol. The number of rotatable bonds is 2. The van der Waals surface area contributed by atoms with E-state index in [0.29, 0.717) is 0 Å². The first-order valence-corrected chi connectivity index (χ1v) is 4.50. The molecule has 1 saturated carbocycles. The van der Waals surface area contributed by atoms with Crippen LogP contribution in [-0.2, 0) is 4.79 Å². The van der Waals surface area contributed by atoms with E-state index in [9.17, 15) is 4.79 Å². The minimum Gasteiger partial charge on any atom is -0.481 e. The zero-order valence-corrected chi connectivity index (χ0v) is 7.76. The third-order valence-corrected chi connectivity index (χ3v) is 3.05. The molecule has 1 fully saturated rings. The molecule has 2 heteroatoms. The van der Waals surface area contributed by atoms with Crippen molar-refractivity contribution in [2.45, 2.75) is 39.5 Å². The van der Waals surface area contributed by atoms with Gasteiger partial charge in [0.25, 0.3) is 0 Å². The Balaban J connectivity index is 2.94. The molecule has 2 nitrogen and oxygen atoms in total. The molecule has 0 saturated heterocycles. The minimum atomic E-state index is -0.643. The molecule has 0 bridgehead atoms. The van der Waals surface area contributed by atoms with Crippen LogP contribution >= 0.6 is 0 Å². The summed E-state index contributed by atoms with van der Waals surface area (Å²) in [4.78, 5) is 11.1. The molecule has 0 atom stereocenters.